The van der Waals surface area contributed by atoms with E-state index in [4.69, 9.17) is 4.74 Å². The molecule has 0 saturated carbocycles. The molecule has 0 amide bonds. The van der Waals surface area contributed by atoms with E-state index in [1.54, 1.807) is 4.57 Å². The Morgan fingerprint density at radius 1 is 1.08 bits per heavy atom. The number of hydrogen-bond acceptors (Lipinski definition) is 4. The van der Waals surface area contributed by atoms with Crippen LogP contribution < -0.4 is 4.74 Å². The number of fused-ring (bicyclic) bond motifs is 1. The summed E-state index contributed by atoms with van der Waals surface area (Å²) in [7, 11) is 0. The van der Waals surface area contributed by atoms with Gasteiger partial charge in [0.2, 0.25) is 5.91 Å². The van der Waals surface area contributed by atoms with E-state index in [-0.39, 0.29) is 18.6 Å². The van der Waals surface area contributed by atoms with Crippen molar-refractivity contribution in [2.75, 3.05) is 13.1 Å². The zero-order valence-electron chi connectivity index (χ0n) is 15.0. The maximum Gasteiger partial charge on any atom is 0.249 e. The predicted octanol–water partition coefficient (Wildman–Crippen LogP) is 3.74. The van der Waals surface area contributed by atoms with Gasteiger partial charge < -0.3 is 4.74 Å². The van der Waals surface area contributed by atoms with Gasteiger partial charge in [-0.05, 0) is 57.1 Å². The number of aromatic nitrogens is 2. The SMILES string of the molecule is CC(C(=O)n1c(COc2ccccc2)nc2ccccc21)N1CCCC1. The molecule has 4 rings (SSSR count). The van der Waals surface area contributed by atoms with E-state index in [0.29, 0.717) is 5.82 Å². The first-order valence-electron chi connectivity index (χ1n) is 9.16. The number of likely N-dealkylation sites (tertiary alicyclic amines) is 1. The molecule has 1 atom stereocenters. The number of hydrogen-bond donors (Lipinski definition) is 0. The highest BCUT2D eigenvalue weighted by Gasteiger charge is 2.28. The van der Waals surface area contributed by atoms with Gasteiger partial charge >= 0.3 is 0 Å². The van der Waals surface area contributed by atoms with E-state index in [9.17, 15) is 4.79 Å². The number of imidazole rings is 1. The molecule has 3 aromatic rings. The topological polar surface area (TPSA) is 47.4 Å². The van der Waals surface area contributed by atoms with E-state index >= 15 is 0 Å². The molecule has 1 fully saturated rings. The number of rotatable bonds is 5. The average molecular weight is 349 g/mol. The minimum Gasteiger partial charge on any atom is -0.486 e. The fraction of sp³-hybridized carbons (Fsp3) is 0.333. The molecule has 26 heavy (non-hydrogen) atoms. The molecule has 5 heteroatoms. The molecule has 1 aliphatic rings. The summed E-state index contributed by atoms with van der Waals surface area (Å²) in [4.78, 5) is 20.2. The fourth-order valence-electron chi connectivity index (χ4n) is 3.56. The molecule has 0 radical (unpaired) electrons. The van der Waals surface area contributed by atoms with Gasteiger partial charge in [-0.25, -0.2) is 4.98 Å². The quantitative estimate of drug-likeness (QED) is 0.704. The minimum absolute atomic E-state index is 0.0623. The number of carbonyl (C=O) groups excluding carboxylic acids is 1. The van der Waals surface area contributed by atoms with Crippen molar-refractivity contribution in [2.45, 2.75) is 32.4 Å². The van der Waals surface area contributed by atoms with Crippen LogP contribution in [0.1, 0.15) is 30.4 Å². The van der Waals surface area contributed by atoms with Crippen molar-refractivity contribution >= 4 is 16.9 Å². The zero-order valence-corrected chi connectivity index (χ0v) is 15.0. The van der Waals surface area contributed by atoms with Crippen LogP contribution in [0.25, 0.3) is 11.0 Å². The molecule has 0 N–H and O–H groups in total. The van der Waals surface area contributed by atoms with E-state index in [2.05, 4.69) is 9.88 Å². The molecule has 1 aliphatic heterocycles. The second-order valence-corrected chi connectivity index (χ2v) is 6.71. The Morgan fingerprint density at radius 2 is 1.77 bits per heavy atom. The van der Waals surface area contributed by atoms with Gasteiger partial charge in [0.25, 0.3) is 0 Å². The van der Waals surface area contributed by atoms with Crippen molar-refractivity contribution in [1.29, 1.82) is 0 Å². The fourth-order valence-corrected chi connectivity index (χ4v) is 3.56. The van der Waals surface area contributed by atoms with Crippen LogP contribution in [0.3, 0.4) is 0 Å². The Hall–Kier alpha value is -2.66. The molecule has 1 aromatic heterocycles. The lowest BCUT2D eigenvalue weighted by atomic mass is 10.2. The van der Waals surface area contributed by atoms with E-state index in [1.165, 1.54) is 0 Å². The van der Waals surface area contributed by atoms with E-state index in [0.717, 1.165) is 42.7 Å². The standard InChI is InChI=1S/C21H23N3O2/c1-16(23-13-7-8-14-23)21(25)24-19-12-6-5-11-18(19)22-20(24)15-26-17-9-3-2-4-10-17/h2-6,9-12,16H,7-8,13-15H2,1H3. The molecule has 5 nitrogen and oxygen atoms in total. The molecule has 2 heterocycles. The Morgan fingerprint density at radius 3 is 2.54 bits per heavy atom. The van der Waals surface area contributed by atoms with Gasteiger partial charge in [-0.3, -0.25) is 14.3 Å². The predicted molar refractivity (Wildman–Crippen MR) is 101 cm³/mol. The Labute approximate surface area is 153 Å². The molecule has 0 bridgehead atoms. The molecule has 0 aliphatic carbocycles. The second-order valence-electron chi connectivity index (χ2n) is 6.71. The van der Waals surface area contributed by atoms with Crippen molar-refractivity contribution in [1.82, 2.24) is 14.5 Å². The van der Waals surface area contributed by atoms with Crippen LogP contribution in [0.4, 0.5) is 0 Å². The number of nitrogens with zero attached hydrogens (tertiary/aromatic N) is 3. The third-order valence-electron chi connectivity index (χ3n) is 5.01. The van der Waals surface area contributed by atoms with Crippen molar-refractivity contribution < 1.29 is 9.53 Å². The normalized spacial score (nSPS) is 16.0. The summed E-state index contributed by atoms with van der Waals surface area (Å²) in [6.07, 6.45) is 2.32. The minimum atomic E-state index is -0.161. The van der Waals surface area contributed by atoms with Crippen LogP contribution in [-0.4, -0.2) is 39.5 Å². The first kappa shape index (κ1) is 16.8. The summed E-state index contributed by atoms with van der Waals surface area (Å²) in [5, 5.41) is 0. The Balaban J connectivity index is 1.66. The summed E-state index contributed by atoms with van der Waals surface area (Å²) in [6.45, 7) is 4.21. The summed E-state index contributed by atoms with van der Waals surface area (Å²) in [5.74, 6) is 1.48. The molecule has 0 spiro atoms. The maximum absolute atomic E-state index is 13.3. The summed E-state index contributed by atoms with van der Waals surface area (Å²) < 4.78 is 7.61. The number of para-hydroxylation sites is 3. The van der Waals surface area contributed by atoms with Crippen molar-refractivity contribution in [2.24, 2.45) is 0 Å². The second kappa shape index (κ2) is 7.30. The van der Waals surface area contributed by atoms with Gasteiger partial charge in [0.1, 0.15) is 12.4 Å². The highest BCUT2D eigenvalue weighted by atomic mass is 16.5. The van der Waals surface area contributed by atoms with Gasteiger partial charge in [0.15, 0.2) is 5.82 Å². The highest BCUT2D eigenvalue weighted by molar-refractivity contribution is 5.93. The number of ether oxygens (including phenoxy) is 1. The van der Waals surface area contributed by atoms with Crippen molar-refractivity contribution in [3.63, 3.8) is 0 Å². The smallest absolute Gasteiger partial charge is 0.249 e. The molecule has 134 valence electrons. The molecule has 2 aromatic carbocycles. The van der Waals surface area contributed by atoms with Crippen LogP contribution in [0.15, 0.2) is 54.6 Å². The van der Waals surface area contributed by atoms with E-state index in [1.807, 2.05) is 61.5 Å². The lowest BCUT2D eigenvalue weighted by Gasteiger charge is -2.23. The molecular formula is C21H23N3O2. The van der Waals surface area contributed by atoms with Crippen LogP contribution >= 0.6 is 0 Å². The lowest BCUT2D eigenvalue weighted by molar-refractivity contribution is 0.0775. The van der Waals surface area contributed by atoms with Gasteiger partial charge in [-0.2, -0.15) is 0 Å². The van der Waals surface area contributed by atoms with Gasteiger partial charge in [-0.1, -0.05) is 30.3 Å². The van der Waals surface area contributed by atoms with E-state index < -0.39 is 0 Å². The highest BCUT2D eigenvalue weighted by Crippen LogP contribution is 2.21. The van der Waals surface area contributed by atoms with Crippen LogP contribution in [-0.2, 0) is 6.61 Å². The summed E-state index contributed by atoms with van der Waals surface area (Å²) in [5.41, 5.74) is 1.66. The number of carbonyl (C=O) groups is 1. The van der Waals surface area contributed by atoms with Gasteiger partial charge in [0, 0.05) is 0 Å². The Kier molecular flexibility index (Phi) is 4.71. The molecule has 1 unspecified atom stereocenters. The third-order valence-corrected chi connectivity index (χ3v) is 5.01. The largest absolute Gasteiger partial charge is 0.486 e. The lowest BCUT2D eigenvalue weighted by Crippen LogP contribution is -2.40. The van der Waals surface area contributed by atoms with Crippen LogP contribution in [0, 0.1) is 0 Å². The summed E-state index contributed by atoms with van der Waals surface area (Å²) >= 11 is 0. The van der Waals surface area contributed by atoms with Gasteiger partial charge in [-0.15, -0.1) is 0 Å². The average Bonchev–Trinajstić information content (AvgIpc) is 3.33. The summed E-state index contributed by atoms with van der Waals surface area (Å²) in [6, 6.07) is 17.2. The first-order chi connectivity index (χ1) is 12.7. The molecular weight excluding hydrogens is 326 g/mol. The van der Waals surface area contributed by atoms with Crippen LogP contribution in [0.5, 0.6) is 5.75 Å². The van der Waals surface area contributed by atoms with Crippen molar-refractivity contribution in [3.05, 3.63) is 60.4 Å². The van der Waals surface area contributed by atoms with Crippen LogP contribution in [0.2, 0.25) is 0 Å². The maximum atomic E-state index is 13.3. The Bertz CT molecular complexity index is 898. The number of benzene rings is 2. The molecule has 1 saturated heterocycles. The monoisotopic (exact) mass is 349 g/mol. The van der Waals surface area contributed by atoms with Gasteiger partial charge in [0.05, 0.1) is 17.1 Å². The third kappa shape index (κ3) is 3.22. The zero-order chi connectivity index (χ0) is 17.9. The first-order valence-corrected chi connectivity index (χ1v) is 9.16. The van der Waals surface area contributed by atoms with Crippen molar-refractivity contribution in [3.8, 4) is 5.75 Å².